The Morgan fingerprint density at radius 1 is 1.20 bits per heavy atom. The van der Waals surface area contributed by atoms with E-state index in [1.165, 1.54) is 34.4 Å². The van der Waals surface area contributed by atoms with Crippen LogP contribution in [0.15, 0.2) is 60.8 Å². The molecule has 0 atom stereocenters. The maximum Gasteiger partial charge on any atom is 0.270 e. The van der Waals surface area contributed by atoms with Crippen molar-refractivity contribution >= 4 is 49.9 Å². The van der Waals surface area contributed by atoms with Gasteiger partial charge in [0.2, 0.25) is 0 Å². The number of anilines is 1. The lowest BCUT2D eigenvalue weighted by atomic mass is 10.1. The second-order valence-corrected chi connectivity index (χ2v) is 7.97. The maximum atomic E-state index is 13.5. The summed E-state index contributed by atoms with van der Waals surface area (Å²) < 4.78 is 0.939. The predicted molar refractivity (Wildman–Crippen MR) is 117 cm³/mol. The monoisotopic (exact) mass is 438 g/mol. The number of thiazole rings is 1. The first-order chi connectivity index (χ1) is 14.4. The lowest BCUT2D eigenvalue weighted by Crippen LogP contribution is -2.31. The average molecular weight is 439 g/mol. The largest absolute Gasteiger partial charge is 0.278 e. The van der Waals surface area contributed by atoms with Gasteiger partial charge in [0.25, 0.3) is 11.6 Å². The number of pyridine rings is 1. The van der Waals surface area contributed by atoms with Gasteiger partial charge in [0.15, 0.2) is 5.13 Å². The van der Waals surface area contributed by atoms with Gasteiger partial charge in [-0.1, -0.05) is 41.1 Å². The summed E-state index contributed by atoms with van der Waals surface area (Å²) in [5, 5.41) is 11.8. The third-order valence-electron chi connectivity index (χ3n) is 4.52. The van der Waals surface area contributed by atoms with Crippen LogP contribution in [0, 0.1) is 17.0 Å². The van der Waals surface area contributed by atoms with Gasteiger partial charge in [-0.25, -0.2) is 4.98 Å². The lowest BCUT2D eigenvalue weighted by molar-refractivity contribution is -0.384. The van der Waals surface area contributed by atoms with Crippen molar-refractivity contribution in [2.75, 3.05) is 4.90 Å². The number of hydrogen-bond acceptors (Lipinski definition) is 6. The van der Waals surface area contributed by atoms with Crippen LogP contribution in [0.4, 0.5) is 10.8 Å². The Bertz CT molecular complexity index is 1260. The molecule has 150 valence electrons. The molecule has 0 aliphatic carbocycles. The highest BCUT2D eigenvalue weighted by Gasteiger charge is 2.26. The summed E-state index contributed by atoms with van der Waals surface area (Å²) >= 11 is 7.60. The van der Waals surface area contributed by atoms with Gasteiger partial charge < -0.3 is 0 Å². The number of carbonyl (C=O) groups is 1. The number of para-hydroxylation sites is 1. The molecule has 4 aromatic rings. The van der Waals surface area contributed by atoms with E-state index in [9.17, 15) is 14.9 Å². The number of carbonyl (C=O) groups excluding carboxylic acids is 1. The van der Waals surface area contributed by atoms with Crippen LogP contribution in [-0.2, 0) is 6.54 Å². The first-order valence-corrected chi connectivity index (χ1v) is 10.2. The first kappa shape index (κ1) is 19.9. The van der Waals surface area contributed by atoms with Gasteiger partial charge >= 0.3 is 0 Å². The molecule has 30 heavy (non-hydrogen) atoms. The van der Waals surface area contributed by atoms with Gasteiger partial charge in [-0.15, -0.1) is 0 Å². The lowest BCUT2D eigenvalue weighted by Gasteiger charge is -2.20. The minimum Gasteiger partial charge on any atom is -0.278 e. The van der Waals surface area contributed by atoms with Crippen LogP contribution >= 0.6 is 22.9 Å². The topological polar surface area (TPSA) is 89.2 Å². The molecule has 9 heteroatoms. The number of hydrogen-bond donors (Lipinski definition) is 0. The van der Waals surface area contributed by atoms with Gasteiger partial charge in [-0.2, -0.15) is 0 Å². The Hall–Kier alpha value is -3.36. The van der Waals surface area contributed by atoms with Gasteiger partial charge in [0.05, 0.1) is 38.0 Å². The van der Waals surface area contributed by atoms with Crippen molar-refractivity contribution in [1.82, 2.24) is 9.97 Å². The van der Waals surface area contributed by atoms with Crippen molar-refractivity contribution in [3.63, 3.8) is 0 Å². The molecule has 0 bridgehead atoms. The number of nitro groups is 1. The maximum absolute atomic E-state index is 13.5. The number of aryl methyl sites for hydroxylation is 1. The minimum absolute atomic E-state index is 0.0396. The molecular weight excluding hydrogens is 424 g/mol. The van der Waals surface area contributed by atoms with Crippen molar-refractivity contribution in [2.24, 2.45) is 0 Å². The molecule has 0 aliphatic rings. The highest BCUT2D eigenvalue weighted by Crippen LogP contribution is 2.33. The number of halogens is 1. The Labute approximate surface area is 180 Å². The molecule has 0 N–H and O–H groups in total. The van der Waals surface area contributed by atoms with Crippen LogP contribution in [0.3, 0.4) is 0 Å². The normalized spacial score (nSPS) is 10.9. The van der Waals surface area contributed by atoms with Gasteiger partial charge in [0.1, 0.15) is 0 Å². The molecule has 2 aromatic carbocycles. The molecule has 7 nitrogen and oxygen atoms in total. The van der Waals surface area contributed by atoms with E-state index in [1.807, 2.05) is 31.2 Å². The summed E-state index contributed by atoms with van der Waals surface area (Å²) in [5.74, 6) is -0.480. The van der Waals surface area contributed by atoms with Crippen LogP contribution in [0.1, 0.15) is 21.6 Å². The number of non-ortho nitro benzene ring substituents is 1. The summed E-state index contributed by atoms with van der Waals surface area (Å²) in [6.45, 7) is 2.10. The number of rotatable bonds is 5. The molecule has 0 saturated carbocycles. The second-order valence-electron chi connectivity index (χ2n) is 6.55. The van der Waals surface area contributed by atoms with Crippen molar-refractivity contribution in [2.45, 2.75) is 13.5 Å². The average Bonchev–Trinajstić information content (AvgIpc) is 3.18. The Balaban J connectivity index is 1.82. The van der Waals surface area contributed by atoms with E-state index >= 15 is 0 Å². The van der Waals surface area contributed by atoms with Gasteiger partial charge in [-0.05, 0) is 36.8 Å². The summed E-state index contributed by atoms with van der Waals surface area (Å²) in [5.41, 5.74) is 2.29. The van der Waals surface area contributed by atoms with Crippen molar-refractivity contribution in [1.29, 1.82) is 0 Å². The fourth-order valence-corrected chi connectivity index (χ4v) is 4.25. The number of nitrogens with zero attached hydrogens (tertiary/aromatic N) is 4. The number of amides is 1. The Morgan fingerprint density at radius 3 is 2.73 bits per heavy atom. The van der Waals surface area contributed by atoms with E-state index in [0.29, 0.717) is 10.8 Å². The van der Waals surface area contributed by atoms with E-state index in [4.69, 9.17) is 11.6 Å². The zero-order valence-corrected chi connectivity index (χ0v) is 17.4. The number of aromatic nitrogens is 2. The fourth-order valence-electron chi connectivity index (χ4n) is 3.01. The number of fused-ring (bicyclic) bond motifs is 1. The van der Waals surface area contributed by atoms with Crippen LogP contribution in [0.2, 0.25) is 5.02 Å². The van der Waals surface area contributed by atoms with E-state index < -0.39 is 10.8 Å². The molecule has 2 aromatic heterocycles. The van der Waals surface area contributed by atoms with E-state index in [2.05, 4.69) is 9.97 Å². The summed E-state index contributed by atoms with van der Waals surface area (Å²) in [6, 6.07) is 15.0. The molecule has 0 radical (unpaired) electrons. The number of benzene rings is 2. The number of nitro benzene ring substituents is 1. The smallest absolute Gasteiger partial charge is 0.270 e. The van der Waals surface area contributed by atoms with Gasteiger partial charge in [-0.3, -0.25) is 24.8 Å². The van der Waals surface area contributed by atoms with Crippen LogP contribution < -0.4 is 4.90 Å². The highest BCUT2D eigenvalue weighted by molar-refractivity contribution is 7.22. The molecule has 0 aliphatic heterocycles. The van der Waals surface area contributed by atoms with Crippen LogP contribution in [-0.4, -0.2) is 20.8 Å². The SMILES string of the molecule is Cc1cccc2sc(N(Cc3ccccn3)C(=O)c3cc([N+](=O)[O-])ccc3Cl)nc12. The molecule has 0 fully saturated rings. The van der Waals surface area contributed by atoms with Crippen molar-refractivity contribution < 1.29 is 9.72 Å². The first-order valence-electron chi connectivity index (χ1n) is 8.96. The second kappa shape index (κ2) is 8.17. The molecule has 1 amide bonds. The molecular formula is C21H15ClN4O3S. The predicted octanol–water partition coefficient (Wildman–Crippen LogP) is 5.41. The van der Waals surface area contributed by atoms with E-state index in [-0.39, 0.29) is 22.8 Å². The standard InChI is InChI=1S/C21H15ClN4O3S/c1-13-5-4-7-18-19(13)24-21(30-18)25(12-14-6-2-3-10-23-14)20(27)16-11-15(26(28)29)8-9-17(16)22/h2-11H,12H2,1H3. The van der Waals surface area contributed by atoms with Crippen LogP contribution in [0.5, 0.6) is 0 Å². The molecule has 0 spiro atoms. The van der Waals surface area contributed by atoms with E-state index in [1.54, 1.807) is 18.3 Å². The zero-order valence-electron chi connectivity index (χ0n) is 15.8. The van der Waals surface area contributed by atoms with Crippen LogP contribution in [0.25, 0.3) is 10.2 Å². The van der Waals surface area contributed by atoms with Gasteiger partial charge in [0, 0.05) is 18.3 Å². The molecule has 4 rings (SSSR count). The van der Waals surface area contributed by atoms with Crippen molar-refractivity contribution in [3.05, 3.63) is 92.8 Å². The molecule has 0 unspecified atom stereocenters. The third-order valence-corrected chi connectivity index (χ3v) is 5.90. The molecule has 0 saturated heterocycles. The quantitative estimate of drug-likeness (QED) is 0.307. The van der Waals surface area contributed by atoms with E-state index in [0.717, 1.165) is 15.8 Å². The summed E-state index contributed by atoms with van der Waals surface area (Å²) in [6.07, 6.45) is 1.64. The Kier molecular flexibility index (Phi) is 5.43. The van der Waals surface area contributed by atoms with Crippen molar-refractivity contribution in [3.8, 4) is 0 Å². The molecule has 2 heterocycles. The third kappa shape index (κ3) is 3.87. The highest BCUT2D eigenvalue weighted by atomic mass is 35.5. The minimum atomic E-state index is -0.558. The summed E-state index contributed by atoms with van der Waals surface area (Å²) in [4.78, 5) is 34.5. The fraction of sp³-hybridized carbons (Fsp3) is 0.0952. The zero-order chi connectivity index (χ0) is 21.3. The summed E-state index contributed by atoms with van der Waals surface area (Å²) in [7, 11) is 0. The Morgan fingerprint density at radius 2 is 2.03 bits per heavy atom.